The molecule has 1 saturated heterocycles. The van der Waals surface area contributed by atoms with Crippen molar-refractivity contribution in [3.05, 3.63) is 5.82 Å². The van der Waals surface area contributed by atoms with E-state index in [2.05, 4.69) is 20.7 Å². The molecule has 1 aromatic rings. The first-order valence-electron chi connectivity index (χ1n) is 6.34. The van der Waals surface area contributed by atoms with Gasteiger partial charge in [0.2, 0.25) is 11.8 Å². The molecule has 2 heterocycles. The van der Waals surface area contributed by atoms with Crippen LogP contribution in [0.4, 0.5) is 0 Å². The highest BCUT2D eigenvalue weighted by Gasteiger charge is 2.33. The van der Waals surface area contributed by atoms with Gasteiger partial charge in [0, 0.05) is 12.5 Å². The van der Waals surface area contributed by atoms with Gasteiger partial charge in [-0.25, -0.2) is 0 Å². The van der Waals surface area contributed by atoms with Crippen molar-refractivity contribution in [1.82, 2.24) is 30.4 Å². The van der Waals surface area contributed by atoms with Crippen LogP contribution in [0.25, 0.3) is 0 Å². The summed E-state index contributed by atoms with van der Waals surface area (Å²) >= 11 is 0. The number of carbonyl (C=O) groups excluding carboxylic acids is 2. The van der Waals surface area contributed by atoms with Gasteiger partial charge in [0.1, 0.15) is 6.04 Å². The highest BCUT2D eigenvalue weighted by molar-refractivity contribution is 5.90. The summed E-state index contributed by atoms with van der Waals surface area (Å²) in [5.41, 5.74) is 0. The number of aryl methyl sites for hydroxylation is 1. The van der Waals surface area contributed by atoms with Crippen molar-refractivity contribution in [3.8, 4) is 0 Å². The molecule has 2 atom stereocenters. The van der Waals surface area contributed by atoms with Gasteiger partial charge in [-0.2, -0.15) is 4.80 Å². The van der Waals surface area contributed by atoms with E-state index in [4.69, 9.17) is 0 Å². The lowest BCUT2D eigenvalue weighted by Gasteiger charge is -2.27. The monoisotopic (exact) mass is 266 g/mol. The number of hydrogen-bond acceptors (Lipinski definition) is 5. The number of rotatable bonds is 3. The van der Waals surface area contributed by atoms with Crippen LogP contribution in [0.5, 0.6) is 0 Å². The molecule has 19 heavy (non-hydrogen) atoms. The predicted octanol–water partition coefficient (Wildman–Crippen LogP) is -0.774. The summed E-state index contributed by atoms with van der Waals surface area (Å²) in [6, 6.07) is -0.637. The standard InChI is InChI=1S/C11H18N6O2/c1-4-8-11(19)17(7(2)5-10(18)12-8)6-9-13-15-16(3)14-9/h7-8H,4-6H2,1-3H3,(H,12,18). The zero-order valence-corrected chi connectivity index (χ0v) is 11.3. The third kappa shape index (κ3) is 2.88. The molecule has 0 spiro atoms. The van der Waals surface area contributed by atoms with Crippen LogP contribution in [0.1, 0.15) is 32.5 Å². The Morgan fingerprint density at radius 2 is 2.16 bits per heavy atom. The molecule has 2 rings (SSSR count). The fourth-order valence-electron chi connectivity index (χ4n) is 2.16. The van der Waals surface area contributed by atoms with E-state index in [1.165, 1.54) is 4.80 Å². The number of amides is 2. The maximum absolute atomic E-state index is 12.4. The zero-order valence-electron chi connectivity index (χ0n) is 11.3. The van der Waals surface area contributed by atoms with E-state index in [1.807, 2.05) is 13.8 Å². The van der Waals surface area contributed by atoms with E-state index < -0.39 is 6.04 Å². The van der Waals surface area contributed by atoms with E-state index in [0.717, 1.165) is 0 Å². The molecule has 1 aliphatic heterocycles. The second kappa shape index (κ2) is 5.33. The molecule has 1 fully saturated rings. The summed E-state index contributed by atoms with van der Waals surface area (Å²) in [4.78, 5) is 27.0. The highest BCUT2D eigenvalue weighted by atomic mass is 16.2. The second-order valence-electron chi connectivity index (χ2n) is 4.74. The van der Waals surface area contributed by atoms with Gasteiger partial charge in [-0.05, 0) is 18.6 Å². The number of nitrogens with one attached hydrogen (secondary N) is 1. The average Bonchev–Trinajstić information content (AvgIpc) is 2.73. The number of tetrazole rings is 1. The van der Waals surface area contributed by atoms with Gasteiger partial charge in [-0.3, -0.25) is 9.59 Å². The molecule has 1 N–H and O–H groups in total. The minimum atomic E-state index is -0.464. The second-order valence-corrected chi connectivity index (χ2v) is 4.74. The molecule has 2 unspecified atom stereocenters. The molecule has 104 valence electrons. The average molecular weight is 266 g/mol. The van der Waals surface area contributed by atoms with E-state index in [1.54, 1.807) is 11.9 Å². The first-order valence-corrected chi connectivity index (χ1v) is 6.34. The number of nitrogens with zero attached hydrogens (tertiary/aromatic N) is 5. The molecule has 1 aliphatic rings. The highest BCUT2D eigenvalue weighted by Crippen LogP contribution is 2.15. The minimum Gasteiger partial charge on any atom is -0.344 e. The van der Waals surface area contributed by atoms with Crippen LogP contribution in [0.2, 0.25) is 0 Å². The minimum absolute atomic E-state index is 0.0895. The van der Waals surface area contributed by atoms with Gasteiger partial charge >= 0.3 is 0 Å². The molecular weight excluding hydrogens is 248 g/mol. The summed E-state index contributed by atoms with van der Waals surface area (Å²) in [7, 11) is 1.67. The molecule has 8 heteroatoms. The van der Waals surface area contributed by atoms with Gasteiger partial charge in [0.05, 0.1) is 13.6 Å². The van der Waals surface area contributed by atoms with E-state index >= 15 is 0 Å². The lowest BCUT2D eigenvalue weighted by atomic mass is 10.2. The summed E-state index contributed by atoms with van der Waals surface area (Å²) in [6.07, 6.45) is 0.865. The Morgan fingerprint density at radius 3 is 2.74 bits per heavy atom. The first kappa shape index (κ1) is 13.4. The zero-order chi connectivity index (χ0) is 14.0. The SMILES string of the molecule is CCC1NC(=O)CC(C)N(Cc2nnn(C)n2)C1=O. The van der Waals surface area contributed by atoms with Crippen molar-refractivity contribution in [2.75, 3.05) is 0 Å². The fraction of sp³-hybridized carbons (Fsp3) is 0.727. The third-order valence-corrected chi connectivity index (χ3v) is 3.20. The maximum Gasteiger partial charge on any atom is 0.245 e. The topological polar surface area (TPSA) is 93.0 Å². The van der Waals surface area contributed by atoms with Crippen LogP contribution in [0, 0.1) is 0 Å². The van der Waals surface area contributed by atoms with E-state index in [-0.39, 0.29) is 24.4 Å². The number of hydrogen-bond donors (Lipinski definition) is 1. The summed E-state index contributed by atoms with van der Waals surface area (Å²) in [5.74, 6) is 0.294. The molecule has 8 nitrogen and oxygen atoms in total. The van der Waals surface area contributed by atoms with Crippen molar-refractivity contribution < 1.29 is 9.59 Å². The molecular formula is C11H18N6O2. The largest absolute Gasteiger partial charge is 0.344 e. The Balaban J connectivity index is 2.19. The molecule has 0 aromatic carbocycles. The van der Waals surface area contributed by atoms with Gasteiger partial charge < -0.3 is 10.2 Å². The van der Waals surface area contributed by atoms with E-state index in [0.29, 0.717) is 18.7 Å². The molecule has 0 radical (unpaired) electrons. The van der Waals surface area contributed by atoms with Crippen LogP contribution in [-0.4, -0.2) is 49.0 Å². The van der Waals surface area contributed by atoms with Crippen LogP contribution in [0.3, 0.4) is 0 Å². The Labute approximate surface area is 111 Å². The summed E-state index contributed by atoms with van der Waals surface area (Å²) in [5, 5.41) is 14.4. The van der Waals surface area contributed by atoms with Crippen LogP contribution < -0.4 is 5.32 Å². The Morgan fingerprint density at radius 1 is 1.42 bits per heavy atom. The van der Waals surface area contributed by atoms with Crippen molar-refractivity contribution in [2.45, 2.75) is 45.3 Å². The molecule has 2 amide bonds. The van der Waals surface area contributed by atoms with Gasteiger partial charge in [-0.1, -0.05) is 6.92 Å². The molecule has 0 aliphatic carbocycles. The Hall–Kier alpha value is -1.99. The predicted molar refractivity (Wildman–Crippen MR) is 65.6 cm³/mol. The fourth-order valence-corrected chi connectivity index (χ4v) is 2.16. The van der Waals surface area contributed by atoms with Crippen molar-refractivity contribution in [3.63, 3.8) is 0 Å². The maximum atomic E-state index is 12.4. The summed E-state index contributed by atoms with van der Waals surface area (Å²) in [6.45, 7) is 4.00. The molecule has 0 bridgehead atoms. The van der Waals surface area contributed by atoms with Crippen LogP contribution >= 0.6 is 0 Å². The van der Waals surface area contributed by atoms with Crippen LogP contribution in [-0.2, 0) is 23.2 Å². The quantitative estimate of drug-likeness (QED) is 0.775. The third-order valence-electron chi connectivity index (χ3n) is 3.20. The Bertz CT molecular complexity index is 485. The van der Waals surface area contributed by atoms with Crippen molar-refractivity contribution in [1.29, 1.82) is 0 Å². The number of carbonyl (C=O) groups is 2. The van der Waals surface area contributed by atoms with Crippen molar-refractivity contribution >= 4 is 11.8 Å². The molecule has 0 saturated carbocycles. The lowest BCUT2D eigenvalue weighted by molar-refractivity contribution is -0.135. The lowest BCUT2D eigenvalue weighted by Crippen LogP contribution is -2.45. The Kier molecular flexibility index (Phi) is 3.77. The molecule has 1 aromatic heterocycles. The van der Waals surface area contributed by atoms with Crippen LogP contribution in [0.15, 0.2) is 0 Å². The van der Waals surface area contributed by atoms with Gasteiger partial charge in [0.25, 0.3) is 0 Å². The van der Waals surface area contributed by atoms with E-state index in [9.17, 15) is 9.59 Å². The summed E-state index contributed by atoms with van der Waals surface area (Å²) < 4.78 is 0. The van der Waals surface area contributed by atoms with Gasteiger partial charge in [-0.15, -0.1) is 10.2 Å². The smallest absolute Gasteiger partial charge is 0.245 e. The number of aromatic nitrogens is 4. The first-order chi connectivity index (χ1) is 9.01. The normalized spacial score (nSPS) is 24.3. The van der Waals surface area contributed by atoms with Crippen molar-refractivity contribution in [2.24, 2.45) is 7.05 Å². The van der Waals surface area contributed by atoms with Gasteiger partial charge in [0.15, 0.2) is 5.82 Å².